The van der Waals surface area contributed by atoms with E-state index in [0.717, 1.165) is 36.5 Å². The molecule has 2 aromatic heterocycles. The number of benzene rings is 1. The zero-order valence-electron chi connectivity index (χ0n) is 19.7. The van der Waals surface area contributed by atoms with Crippen molar-refractivity contribution < 1.29 is 12.8 Å². The maximum Gasteiger partial charge on any atom is 0.249 e. The molecule has 1 aromatic carbocycles. The summed E-state index contributed by atoms with van der Waals surface area (Å²) in [6.07, 6.45) is 5.53. The van der Waals surface area contributed by atoms with Crippen molar-refractivity contribution in [3.05, 3.63) is 52.9 Å². The van der Waals surface area contributed by atoms with Crippen LogP contribution in [0.1, 0.15) is 49.1 Å². The molecule has 0 radical (unpaired) electrons. The molecule has 0 bridgehead atoms. The highest BCUT2D eigenvalue weighted by molar-refractivity contribution is 7.92. The Kier molecular flexibility index (Phi) is 6.69. The number of nitrogens with one attached hydrogen (secondary N) is 2. The molecule has 1 aliphatic heterocycles. The number of sulfonamides is 1. The van der Waals surface area contributed by atoms with E-state index in [9.17, 15) is 8.42 Å². The Morgan fingerprint density at radius 3 is 2.69 bits per heavy atom. The lowest BCUT2D eigenvalue weighted by Gasteiger charge is -2.30. The summed E-state index contributed by atoms with van der Waals surface area (Å²) in [5.41, 5.74) is 1.66. The van der Waals surface area contributed by atoms with Crippen molar-refractivity contribution in [3.8, 4) is 11.5 Å². The fraction of sp³-hybridized carbons (Fsp3) is 0.458. The summed E-state index contributed by atoms with van der Waals surface area (Å²) in [5.74, 6) is 2.14. The molecular weight excluding hydrogens is 488 g/mol. The van der Waals surface area contributed by atoms with Gasteiger partial charge in [0.15, 0.2) is 5.82 Å². The van der Waals surface area contributed by atoms with Gasteiger partial charge in [-0.15, -0.1) is 10.2 Å². The summed E-state index contributed by atoms with van der Waals surface area (Å²) in [6.45, 7) is 1.62. The standard InChI is InChI=1S/C24H29ClN6O3S/c1-31(35(2,32)33)22-20(25)18(13-19(28-22)27-14-15-10-11-15)23-29-30-24(34-23)21-17(9-6-12-26-21)16-7-4-3-5-8-16/h3-5,7-8,13,15,17,21,26H,6,9-12,14H2,1-2H3,(H,27,28)/t17-,21?/m0/s1. The van der Waals surface area contributed by atoms with E-state index in [-0.39, 0.29) is 28.7 Å². The van der Waals surface area contributed by atoms with Crippen LogP contribution in [0.2, 0.25) is 5.02 Å². The molecule has 35 heavy (non-hydrogen) atoms. The van der Waals surface area contributed by atoms with Crippen LogP contribution < -0.4 is 14.9 Å². The number of hydrogen-bond acceptors (Lipinski definition) is 8. The molecule has 2 aliphatic rings. The van der Waals surface area contributed by atoms with Gasteiger partial charge in [-0.3, -0.25) is 4.31 Å². The second-order valence-electron chi connectivity index (χ2n) is 9.28. The van der Waals surface area contributed by atoms with Crippen molar-refractivity contribution in [1.29, 1.82) is 0 Å². The van der Waals surface area contributed by atoms with E-state index in [0.29, 0.717) is 23.2 Å². The number of nitrogens with zero attached hydrogens (tertiary/aromatic N) is 4. The lowest BCUT2D eigenvalue weighted by Crippen LogP contribution is -2.33. The molecule has 3 aromatic rings. The molecule has 9 nitrogen and oxygen atoms in total. The zero-order chi connectivity index (χ0) is 24.6. The van der Waals surface area contributed by atoms with E-state index < -0.39 is 10.0 Å². The Morgan fingerprint density at radius 1 is 1.20 bits per heavy atom. The number of rotatable bonds is 8. The normalized spacial score (nSPS) is 20.5. The molecule has 0 spiro atoms. The van der Waals surface area contributed by atoms with Gasteiger partial charge in [0.05, 0.1) is 22.9 Å². The van der Waals surface area contributed by atoms with E-state index >= 15 is 0 Å². The molecule has 11 heteroatoms. The van der Waals surface area contributed by atoms with E-state index in [4.69, 9.17) is 16.0 Å². The van der Waals surface area contributed by atoms with Crippen molar-refractivity contribution in [2.45, 2.75) is 37.6 Å². The lowest BCUT2D eigenvalue weighted by molar-refractivity contribution is 0.303. The van der Waals surface area contributed by atoms with Gasteiger partial charge in [-0.2, -0.15) is 0 Å². The number of piperidine rings is 1. The van der Waals surface area contributed by atoms with E-state index in [1.807, 2.05) is 18.2 Å². The van der Waals surface area contributed by atoms with Gasteiger partial charge in [-0.05, 0) is 49.8 Å². The van der Waals surface area contributed by atoms with E-state index in [1.54, 1.807) is 6.07 Å². The number of hydrogen-bond donors (Lipinski definition) is 2. The van der Waals surface area contributed by atoms with Crippen LogP contribution in [0.25, 0.3) is 11.5 Å². The van der Waals surface area contributed by atoms with Gasteiger partial charge in [-0.1, -0.05) is 41.9 Å². The molecule has 2 N–H and O–H groups in total. The van der Waals surface area contributed by atoms with Gasteiger partial charge >= 0.3 is 0 Å². The van der Waals surface area contributed by atoms with Crippen LogP contribution in [-0.4, -0.2) is 50.0 Å². The Labute approximate surface area is 210 Å². The van der Waals surface area contributed by atoms with Crippen molar-refractivity contribution >= 4 is 33.3 Å². The summed E-state index contributed by atoms with van der Waals surface area (Å²) < 4.78 is 31.7. The molecule has 3 heterocycles. The smallest absolute Gasteiger partial charge is 0.249 e. The SMILES string of the molecule is CN(c1nc(NCC2CC2)cc(-c2nnc(C3NCCC[C@H]3c3ccccc3)o2)c1Cl)S(C)(=O)=O. The van der Waals surface area contributed by atoms with Crippen molar-refractivity contribution in [3.63, 3.8) is 0 Å². The first kappa shape index (κ1) is 24.0. The molecule has 1 unspecified atom stereocenters. The highest BCUT2D eigenvalue weighted by Crippen LogP contribution is 2.40. The molecule has 0 amide bonds. The molecule has 1 saturated heterocycles. The van der Waals surface area contributed by atoms with Crippen LogP contribution in [0.4, 0.5) is 11.6 Å². The fourth-order valence-electron chi connectivity index (χ4n) is 4.38. The quantitative estimate of drug-likeness (QED) is 0.457. The summed E-state index contributed by atoms with van der Waals surface area (Å²) in [5, 5.41) is 15.6. The summed E-state index contributed by atoms with van der Waals surface area (Å²) in [7, 11) is -2.16. The first-order valence-electron chi connectivity index (χ1n) is 11.8. The minimum Gasteiger partial charge on any atom is -0.419 e. The molecule has 2 atom stereocenters. The Hall–Kier alpha value is -2.69. The monoisotopic (exact) mass is 516 g/mol. The number of anilines is 2. The van der Waals surface area contributed by atoms with Crippen molar-refractivity contribution in [1.82, 2.24) is 20.5 Å². The third-order valence-electron chi connectivity index (χ3n) is 6.63. The van der Waals surface area contributed by atoms with Crippen molar-refractivity contribution in [2.75, 3.05) is 36.0 Å². The highest BCUT2D eigenvalue weighted by Gasteiger charge is 2.32. The van der Waals surface area contributed by atoms with E-state index in [1.165, 1.54) is 25.5 Å². The maximum atomic E-state index is 12.2. The van der Waals surface area contributed by atoms with Gasteiger partial charge < -0.3 is 15.1 Å². The van der Waals surface area contributed by atoms with Crippen LogP contribution in [0.15, 0.2) is 40.8 Å². The summed E-state index contributed by atoms with van der Waals surface area (Å²) in [6, 6.07) is 11.9. The van der Waals surface area contributed by atoms with Crippen LogP contribution in [0.3, 0.4) is 0 Å². The highest BCUT2D eigenvalue weighted by atomic mass is 35.5. The molecule has 186 valence electrons. The lowest BCUT2D eigenvalue weighted by atomic mass is 9.85. The molecular formula is C24H29ClN6O3S. The van der Waals surface area contributed by atoms with Crippen LogP contribution >= 0.6 is 11.6 Å². The van der Waals surface area contributed by atoms with Crippen molar-refractivity contribution in [2.24, 2.45) is 5.92 Å². The Morgan fingerprint density at radius 2 is 1.97 bits per heavy atom. The fourth-order valence-corrected chi connectivity index (χ4v) is 5.18. The molecule has 2 fully saturated rings. The largest absolute Gasteiger partial charge is 0.419 e. The first-order valence-corrected chi connectivity index (χ1v) is 14.0. The van der Waals surface area contributed by atoms with Gasteiger partial charge in [0, 0.05) is 19.5 Å². The van der Waals surface area contributed by atoms with Crippen LogP contribution in [0, 0.1) is 5.92 Å². The predicted molar refractivity (Wildman–Crippen MR) is 136 cm³/mol. The van der Waals surface area contributed by atoms with Gasteiger partial charge in [0.25, 0.3) is 0 Å². The van der Waals surface area contributed by atoms with Gasteiger partial charge in [0.1, 0.15) is 5.82 Å². The van der Waals surface area contributed by atoms with Crippen LogP contribution in [-0.2, 0) is 10.0 Å². The zero-order valence-corrected chi connectivity index (χ0v) is 21.3. The topological polar surface area (TPSA) is 113 Å². The predicted octanol–water partition coefficient (Wildman–Crippen LogP) is 4.21. The minimum atomic E-state index is -3.58. The average Bonchev–Trinajstić information content (AvgIpc) is 3.57. The molecule has 5 rings (SSSR count). The third kappa shape index (κ3) is 5.29. The Bertz CT molecular complexity index is 1300. The van der Waals surface area contributed by atoms with E-state index in [2.05, 4.69) is 37.9 Å². The minimum absolute atomic E-state index is 0.114. The molecule has 1 saturated carbocycles. The second-order valence-corrected chi connectivity index (χ2v) is 11.7. The average molecular weight is 517 g/mol. The van der Waals surface area contributed by atoms with Gasteiger partial charge in [-0.25, -0.2) is 13.4 Å². The number of pyridine rings is 1. The maximum absolute atomic E-state index is 12.2. The summed E-state index contributed by atoms with van der Waals surface area (Å²) >= 11 is 6.67. The number of aromatic nitrogens is 3. The number of halogens is 1. The van der Waals surface area contributed by atoms with Crippen LogP contribution in [0.5, 0.6) is 0 Å². The van der Waals surface area contributed by atoms with Gasteiger partial charge in [0.2, 0.25) is 21.8 Å². The Balaban J connectivity index is 1.50. The third-order valence-corrected chi connectivity index (χ3v) is 8.17. The summed E-state index contributed by atoms with van der Waals surface area (Å²) in [4.78, 5) is 4.47. The second kappa shape index (κ2) is 9.75. The first-order chi connectivity index (χ1) is 16.8. The molecule has 1 aliphatic carbocycles.